The molecule has 0 aliphatic heterocycles. The second-order valence-electron chi connectivity index (χ2n) is 4.22. The third kappa shape index (κ3) is 14.3. The third-order valence-corrected chi connectivity index (χ3v) is 1.75. The van der Waals surface area contributed by atoms with Crippen LogP contribution in [0.5, 0.6) is 0 Å². The van der Waals surface area contributed by atoms with Crippen LogP contribution >= 0.6 is 0 Å². The van der Waals surface area contributed by atoms with Gasteiger partial charge in [-0.3, -0.25) is 0 Å². The molecule has 0 aromatic carbocycles. The Morgan fingerprint density at radius 1 is 0.588 bits per heavy atom. The highest BCUT2D eigenvalue weighted by Gasteiger charge is 1.78. The van der Waals surface area contributed by atoms with Gasteiger partial charge in [0.15, 0.2) is 0 Å². The molecule has 0 nitrogen and oxygen atoms in total. The summed E-state index contributed by atoms with van der Waals surface area (Å²) in [5.74, 6) is 0. The van der Waals surface area contributed by atoms with E-state index in [1.807, 2.05) is 55.0 Å². The van der Waals surface area contributed by atoms with E-state index in [0.29, 0.717) is 0 Å². The molecular formula is C17H23+. The number of rotatable bonds is 6. The molecular weight excluding hydrogens is 204 g/mol. The summed E-state index contributed by atoms with van der Waals surface area (Å²) >= 11 is 0. The first-order valence-corrected chi connectivity index (χ1v) is 5.91. The topological polar surface area (TPSA) is 0 Å². The van der Waals surface area contributed by atoms with Gasteiger partial charge in [0, 0.05) is 30.7 Å². The Morgan fingerprint density at radius 3 is 1.71 bits per heavy atom. The van der Waals surface area contributed by atoms with E-state index in [4.69, 9.17) is 0 Å². The summed E-state index contributed by atoms with van der Waals surface area (Å²) in [7, 11) is 0. The van der Waals surface area contributed by atoms with Gasteiger partial charge in [0.1, 0.15) is 0 Å². The first-order valence-electron chi connectivity index (χ1n) is 5.91. The summed E-state index contributed by atoms with van der Waals surface area (Å²) in [4.78, 5) is 0. The number of allylic oxidation sites excluding steroid dienone is 12. The van der Waals surface area contributed by atoms with Gasteiger partial charge in [0.2, 0.25) is 0 Å². The Kier molecular flexibility index (Phi) is 9.74. The monoisotopic (exact) mass is 227 g/mol. The molecule has 0 aromatic rings. The summed E-state index contributed by atoms with van der Waals surface area (Å²) in [5, 5.41) is 0. The lowest BCUT2D eigenvalue weighted by molar-refractivity contribution is 1.39. The minimum absolute atomic E-state index is 1.31. The molecule has 0 aliphatic rings. The second kappa shape index (κ2) is 10.8. The average molecular weight is 227 g/mol. The van der Waals surface area contributed by atoms with Gasteiger partial charge in [0.25, 0.3) is 0 Å². The van der Waals surface area contributed by atoms with E-state index in [-0.39, 0.29) is 0 Å². The van der Waals surface area contributed by atoms with Crippen molar-refractivity contribution in [2.24, 2.45) is 0 Å². The normalized spacial score (nSPS) is 11.8. The Bertz CT molecular complexity index is 349. The van der Waals surface area contributed by atoms with Crippen LogP contribution in [0.25, 0.3) is 0 Å². The smallest absolute Gasteiger partial charge is 0.0466 e. The molecule has 0 fully saturated rings. The largest absolute Gasteiger partial charge is 0.0764 e. The highest BCUT2D eigenvalue weighted by molar-refractivity contribution is 5.21. The molecule has 0 amide bonds. The van der Waals surface area contributed by atoms with Crippen LogP contribution in [0.1, 0.15) is 27.7 Å². The minimum atomic E-state index is 1.31. The van der Waals surface area contributed by atoms with E-state index in [2.05, 4.69) is 39.8 Å². The van der Waals surface area contributed by atoms with Crippen LogP contribution in [0.2, 0.25) is 0 Å². The molecule has 17 heavy (non-hydrogen) atoms. The maximum atomic E-state index is 2.09. The Labute approximate surface area is 106 Å². The zero-order chi connectivity index (χ0) is 12.9. The molecule has 0 heterocycles. The van der Waals surface area contributed by atoms with Crippen molar-refractivity contribution >= 4 is 0 Å². The Morgan fingerprint density at radius 2 is 1.06 bits per heavy atom. The van der Waals surface area contributed by atoms with Crippen LogP contribution in [0, 0.1) is 6.42 Å². The molecule has 0 saturated heterocycles. The predicted molar refractivity (Wildman–Crippen MR) is 79.7 cm³/mol. The van der Waals surface area contributed by atoms with Gasteiger partial charge < -0.3 is 0 Å². The van der Waals surface area contributed by atoms with E-state index in [9.17, 15) is 0 Å². The zero-order valence-corrected chi connectivity index (χ0v) is 11.4. The van der Waals surface area contributed by atoms with Gasteiger partial charge in [-0.25, -0.2) is 0 Å². The van der Waals surface area contributed by atoms with E-state index in [1.54, 1.807) is 0 Å². The molecule has 0 saturated carbocycles. The van der Waals surface area contributed by atoms with Crippen LogP contribution in [-0.2, 0) is 0 Å². The summed E-state index contributed by atoms with van der Waals surface area (Å²) in [6.45, 7) is 8.34. The lowest BCUT2D eigenvalue weighted by atomic mass is 10.3. The fourth-order valence-corrected chi connectivity index (χ4v) is 0.945. The second-order valence-corrected chi connectivity index (χ2v) is 4.22. The number of hydrogen-bond donors (Lipinski definition) is 0. The SMILES string of the molecule is CC(C)=CC=CC=CC=C[CH+]C=CC=C(C)C. The fraction of sp³-hybridized carbons (Fsp3) is 0.235. The molecule has 0 aliphatic carbocycles. The summed E-state index contributed by atoms with van der Waals surface area (Å²) in [5.41, 5.74) is 2.62. The molecule has 0 aromatic heterocycles. The average Bonchev–Trinajstić information content (AvgIpc) is 2.25. The highest BCUT2D eigenvalue weighted by atomic mass is 13.8. The standard InChI is InChI=1S/C17H23/c1-16(2)14-12-10-8-6-5-7-9-11-13-15-17(3)4/h5-15H,1-4H3/q+1. The third-order valence-electron chi connectivity index (χ3n) is 1.75. The van der Waals surface area contributed by atoms with Crippen molar-refractivity contribution in [2.75, 3.05) is 0 Å². The van der Waals surface area contributed by atoms with Crippen LogP contribution < -0.4 is 0 Å². The lowest BCUT2D eigenvalue weighted by Crippen LogP contribution is -1.62. The van der Waals surface area contributed by atoms with E-state index in [0.717, 1.165) is 0 Å². The fourth-order valence-electron chi connectivity index (χ4n) is 0.945. The van der Waals surface area contributed by atoms with Crippen molar-refractivity contribution in [3.63, 3.8) is 0 Å². The van der Waals surface area contributed by atoms with Crippen molar-refractivity contribution in [1.29, 1.82) is 0 Å². The number of hydrogen-bond acceptors (Lipinski definition) is 0. The van der Waals surface area contributed by atoms with Crippen molar-refractivity contribution in [3.8, 4) is 0 Å². The quantitative estimate of drug-likeness (QED) is 0.424. The van der Waals surface area contributed by atoms with Gasteiger partial charge in [-0.2, -0.15) is 0 Å². The van der Waals surface area contributed by atoms with Crippen molar-refractivity contribution in [2.45, 2.75) is 27.7 Å². The molecule has 90 valence electrons. The molecule has 0 atom stereocenters. The molecule has 0 heteroatoms. The summed E-state index contributed by atoms with van der Waals surface area (Å²) in [6.07, 6.45) is 22.4. The van der Waals surface area contributed by atoms with Crippen LogP contribution in [-0.4, -0.2) is 0 Å². The van der Waals surface area contributed by atoms with Gasteiger partial charge in [-0.1, -0.05) is 29.4 Å². The summed E-state index contributed by atoms with van der Waals surface area (Å²) in [6, 6.07) is 0. The molecule has 0 spiro atoms. The van der Waals surface area contributed by atoms with Gasteiger partial charge in [-0.05, 0) is 45.9 Å². The molecule has 0 N–H and O–H groups in total. The van der Waals surface area contributed by atoms with E-state index < -0.39 is 0 Å². The molecule has 0 rings (SSSR count). The van der Waals surface area contributed by atoms with E-state index in [1.165, 1.54) is 11.1 Å². The highest BCUT2D eigenvalue weighted by Crippen LogP contribution is 1.92. The Balaban J connectivity index is 3.78. The predicted octanol–water partition coefficient (Wildman–Crippen LogP) is 5.35. The van der Waals surface area contributed by atoms with Crippen molar-refractivity contribution < 1.29 is 0 Å². The van der Waals surface area contributed by atoms with Gasteiger partial charge in [0.05, 0.1) is 0 Å². The van der Waals surface area contributed by atoms with Crippen LogP contribution in [0.15, 0.2) is 71.9 Å². The van der Waals surface area contributed by atoms with Crippen LogP contribution in [0.4, 0.5) is 0 Å². The Hall–Kier alpha value is -1.69. The van der Waals surface area contributed by atoms with Gasteiger partial charge >= 0.3 is 0 Å². The summed E-state index contributed by atoms with van der Waals surface area (Å²) < 4.78 is 0. The van der Waals surface area contributed by atoms with E-state index >= 15 is 0 Å². The molecule has 0 bridgehead atoms. The van der Waals surface area contributed by atoms with Crippen LogP contribution in [0.3, 0.4) is 0 Å². The van der Waals surface area contributed by atoms with Crippen molar-refractivity contribution in [1.82, 2.24) is 0 Å². The maximum Gasteiger partial charge on any atom is 0.0466 e. The molecule has 0 unspecified atom stereocenters. The first kappa shape index (κ1) is 15.3. The minimum Gasteiger partial charge on any atom is -0.0764 e. The zero-order valence-electron chi connectivity index (χ0n) is 11.4. The first-order chi connectivity index (χ1) is 8.13. The van der Waals surface area contributed by atoms with Gasteiger partial charge in [-0.15, -0.1) is 0 Å². The maximum absolute atomic E-state index is 2.09. The van der Waals surface area contributed by atoms with Crippen molar-refractivity contribution in [3.05, 3.63) is 78.3 Å². The molecule has 0 radical (unpaired) electrons. The lowest BCUT2D eigenvalue weighted by Gasteiger charge is -1.79.